The molecule has 5 heteroatoms. The predicted octanol–water partition coefficient (Wildman–Crippen LogP) is 1.10. The van der Waals surface area contributed by atoms with Crippen molar-refractivity contribution in [2.24, 2.45) is 0 Å². The van der Waals surface area contributed by atoms with Crippen molar-refractivity contribution in [2.75, 3.05) is 13.1 Å². The highest BCUT2D eigenvalue weighted by molar-refractivity contribution is 5.79. The van der Waals surface area contributed by atoms with Gasteiger partial charge < -0.3 is 10.0 Å². The number of aliphatic hydroxyl groups excluding tert-OH is 1. The summed E-state index contributed by atoms with van der Waals surface area (Å²) in [6.07, 6.45) is -0.0340. The van der Waals surface area contributed by atoms with Crippen LogP contribution in [0.1, 0.15) is 12.0 Å². The van der Waals surface area contributed by atoms with E-state index in [1.165, 1.54) is 11.0 Å². The Bertz CT molecular complexity index is 437. The van der Waals surface area contributed by atoms with Gasteiger partial charge in [-0.3, -0.25) is 4.79 Å². The molecule has 1 N–H and O–H groups in total. The van der Waals surface area contributed by atoms with Crippen LogP contribution in [-0.2, 0) is 11.2 Å². The highest BCUT2D eigenvalue weighted by Gasteiger charge is 2.24. The van der Waals surface area contributed by atoms with E-state index < -0.39 is 17.7 Å². The van der Waals surface area contributed by atoms with Crippen LogP contribution in [0, 0.1) is 11.6 Å². The fourth-order valence-electron chi connectivity index (χ4n) is 1.91. The quantitative estimate of drug-likeness (QED) is 0.842. The van der Waals surface area contributed by atoms with Gasteiger partial charge in [0.25, 0.3) is 0 Å². The van der Waals surface area contributed by atoms with Crippen LogP contribution in [0.2, 0.25) is 0 Å². The summed E-state index contributed by atoms with van der Waals surface area (Å²) in [6, 6.07) is 3.17. The molecular weight excluding hydrogens is 228 g/mol. The van der Waals surface area contributed by atoms with Gasteiger partial charge in [-0.1, -0.05) is 6.07 Å². The zero-order chi connectivity index (χ0) is 12.4. The molecule has 0 unspecified atom stereocenters. The fraction of sp³-hybridized carbons (Fsp3) is 0.417. The number of likely N-dealkylation sites (tertiary alicyclic amines) is 1. The van der Waals surface area contributed by atoms with Gasteiger partial charge in [0.15, 0.2) is 0 Å². The molecule has 1 amide bonds. The minimum Gasteiger partial charge on any atom is -0.391 e. The number of rotatable bonds is 2. The Hall–Kier alpha value is -1.49. The van der Waals surface area contributed by atoms with Crippen molar-refractivity contribution in [3.05, 3.63) is 35.4 Å². The monoisotopic (exact) mass is 241 g/mol. The standard InChI is InChI=1S/C12H13F2NO2/c13-9-2-1-8(11(14)6-9)5-12(17)15-4-3-10(16)7-15/h1-2,6,10,16H,3-5,7H2/t10-/m0/s1. The van der Waals surface area contributed by atoms with Crippen LogP contribution < -0.4 is 0 Å². The van der Waals surface area contributed by atoms with E-state index in [1.807, 2.05) is 0 Å². The summed E-state index contributed by atoms with van der Waals surface area (Å²) in [7, 11) is 0. The molecule has 0 aliphatic carbocycles. The molecule has 1 aliphatic heterocycles. The van der Waals surface area contributed by atoms with E-state index in [2.05, 4.69) is 0 Å². The molecule has 1 fully saturated rings. The Balaban J connectivity index is 2.03. The molecule has 0 aromatic heterocycles. The number of hydrogen-bond acceptors (Lipinski definition) is 2. The molecular formula is C12H13F2NO2. The minimum atomic E-state index is -0.710. The van der Waals surface area contributed by atoms with Gasteiger partial charge in [0.1, 0.15) is 11.6 Å². The van der Waals surface area contributed by atoms with Crippen molar-refractivity contribution >= 4 is 5.91 Å². The number of nitrogens with zero attached hydrogens (tertiary/aromatic N) is 1. The number of hydrogen-bond donors (Lipinski definition) is 1. The number of aliphatic hydroxyl groups is 1. The fourth-order valence-corrected chi connectivity index (χ4v) is 1.91. The number of carbonyl (C=O) groups excluding carboxylic acids is 1. The summed E-state index contributed by atoms with van der Waals surface area (Å²) in [4.78, 5) is 13.2. The molecule has 1 atom stereocenters. The van der Waals surface area contributed by atoms with Crippen LogP contribution in [0.3, 0.4) is 0 Å². The van der Waals surface area contributed by atoms with Gasteiger partial charge in [0.05, 0.1) is 12.5 Å². The zero-order valence-electron chi connectivity index (χ0n) is 9.20. The molecule has 2 rings (SSSR count). The summed E-state index contributed by atoms with van der Waals surface area (Å²) in [5, 5.41) is 9.29. The summed E-state index contributed by atoms with van der Waals surface area (Å²) < 4.78 is 26.0. The Labute approximate surface area is 97.7 Å². The predicted molar refractivity (Wildman–Crippen MR) is 57.3 cm³/mol. The summed E-state index contributed by atoms with van der Waals surface area (Å²) in [5.74, 6) is -1.61. The molecule has 17 heavy (non-hydrogen) atoms. The third kappa shape index (κ3) is 2.79. The normalized spacial score (nSPS) is 19.7. The van der Waals surface area contributed by atoms with Crippen molar-refractivity contribution in [1.29, 1.82) is 0 Å². The van der Waals surface area contributed by atoms with Crippen LogP contribution in [0.4, 0.5) is 8.78 Å². The van der Waals surface area contributed by atoms with E-state index >= 15 is 0 Å². The van der Waals surface area contributed by atoms with E-state index in [9.17, 15) is 18.7 Å². The van der Waals surface area contributed by atoms with Gasteiger partial charge in [-0.25, -0.2) is 8.78 Å². The Morgan fingerprint density at radius 1 is 1.47 bits per heavy atom. The number of halogens is 2. The van der Waals surface area contributed by atoms with Crippen molar-refractivity contribution in [3.8, 4) is 0 Å². The Morgan fingerprint density at radius 3 is 2.82 bits per heavy atom. The van der Waals surface area contributed by atoms with Gasteiger partial charge in [-0.2, -0.15) is 0 Å². The molecule has 92 valence electrons. The lowest BCUT2D eigenvalue weighted by Gasteiger charge is -2.15. The molecule has 1 aromatic rings. The highest BCUT2D eigenvalue weighted by Crippen LogP contribution is 2.14. The molecule has 0 radical (unpaired) electrons. The summed E-state index contributed by atoms with van der Waals surface area (Å²) in [6.45, 7) is 0.782. The Morgan fingerprint density at radius 2 is 2.24 bits per heavy atom. The first-order valence-electron chi connectivity index (χ1n) is 5.46. The molecule has 1 aromatic carbocycles. The maximum absolute atomic E-state index is 13.3. The first-order chi connectivity index (χ1) is 8.06. The van der Waals surface area contributed by atoms with E-state index in [-0.39, 0.29) is 17.9 Å². The maximum Gasteiger partial charge on any atom is 0.227 e. The smallest absolute Gasteiger partial charge is 0.227 e. The van der Waals surface area contributed by atoms with Gasteiger partial charge in [0.2, 0.25) is 5.91 Å². The molecule has 0 bridgehead atoms. The maximum atomic E-state index is 13.3. The van der Waals surface area contributed by atoms with Gasteiger partial charge in [0, 0.05) is 19.2 Å². The van der Waals surface area contributed by atoms with Crippen molar-refractivity contribution in [3.63, 3.8) is 0 Å². The zero-order valence-corrected chi connectivity index (χ0v) is 9.20. The number of β-amino-alcohol motifs (C(OH)–C–C–N with tert-alkyl or cyclic N) is 1. The average Bonchev–Trinajstić information content (AvgIpc) is 2.69. The van der Waals surface area contributed by atoms with Gasteiger partial charge >= 0.3 is 0 Å². The first-order valence-corrected chi connectivity index (χ1v) is 5.46. The topological polar surface area (TPSA) is 40.5 Å². The minimum absolute atomic E-state index is 0.0984. The first kappa shape index (κ1) is 12.0. The molecule has 1 saturated heterocycles. The van der Waals surface area contributed by atoms with Crippen molar-refractivity contribution in [2.45, 2.75) is 18.9 Å². The van der Waals surface area contributed by atoms with Crippen LogP contribution >= 0.6 is 0 Å². The largest absolute Gasteiger partial charge is 0.391 e. The van der Waals surface area contributed by atoms with E-state index in [0.29, 0.717) is 19.5 Å². The van der Waals surface area contributed by atoms with Gasteiger partial charge in [-0.05, 0) is 18.1 Å². The number of benzene rings is 1. The molecule has 1 heterocycles. The van der Waals surface area contributed by atoms with Crippen LogP contribution in [0.25, 0.3) is 0 Å². The summed E-state index contributed by atoms with van der Waals surface area (Å²) >= 11 is 0. The molecule has 3 nitrogen and oxygen atoms in total. The third-order valence-electron chi connectivity index (χ3n) is 2.87. The van der Waals surface area contributed by atoms with E-state index in [4.69, 9.17) is 0 Å². The van der Waals surface area contributed by atoms with Crippen molar-refractivity contribution < 1.29 is 18.7 Å². The van der Waals surface area contributed by atoms with E-state index in [1.54, 1.807) is 0 Å². The lowest BCUT2D eigenvalue weighted by molar-refractivity contribution is -0.129. The van der Waals surface area contributed by atoms with Gasteiger partial charge in [-0.15, -0.1) is 0 Å². The third-order valence-corrected chi connectivity index (χ3v) is 2.87. The second kappa shape index (κ2) is 4.79. The lowest BCUT2D eigenvalue weighted by Crippen LogP contribution is -2.31. The van der Waals surface area contributed by atoms with Crippen LogP contribution in [0.5, 0.6) is 0 Å². The molecule has 0 spiro atoms. The Kier molecular flexibility index (Phi) is 3.38. The molecule has 0 saturated carbocycles. The second-order valence-electron chi connectivity index (χ2n) is 4.19. The highest BCUT2D eigenvalue weighted by atomic mass is 19.1. The summed E-state index contributed by atoms with van der Waals surface area (Å²) in [5.41, 5.74) is 0.179. The van der Waals surface area contributed by atoms with E-state index in [0.717, 1.165) is 12.1 Å². The van der Waals surface area contributed by atoms with Crippen LogP contribution in [0.15, 0.2) is 18.2 Å². The van der Waals surface area contributed by atoms with Crippen molar-refractivity contribution in [1.82, 2.24) is 4.90 Å². The SMILES string of the molecule is O=C(Cc1ccc(F)cc1F)N1CC[C@H](O)C1. The molecule has 1 aliphatic rings. The second-order valence-corrected chi connectivity index (χ2v) is 4.19. The van der Waals surface area contributed by atoms with Crippen LogP contribution in [-0.4, -0.2) is 35.1 Å². The number of amides is 1. The number of carbonyl (C=O) groups is 1. The average molecular weight is 241 g/mol. The lowest BCUT2D eigenvalue weighted by atomic mass is 10.1.